The molecule has 4 aromatic rings. The van der Waals surface area contributed by atoms with Gasteiger partial charge in [-0.25, -0.2) is 18.7 Å². The van der Waals surface area contributed by atoms with E-state index in [1.807, 2.05) is 30.3 Å². The second kappa shape index (κ2) is 16.4. The van der Waals surface area contributed by atoms with Crippen LogP contribution in [0.25, 0.3) is 33.9 Å². The van der Waals surface area contributed by atoms with Crippen molar-refractivity contribution in [3.05, 3.63) is 95.0 Å². The van der Waals surface area contributed by atoms with Crippen molar-refractivity contribution in [2.75, 3.05) is 0 Å². The van der Waals surface area contributed by atoms with E-state index in [0.717, 1.165) is 27.0 Å². The molecule has 9 heteroatoms. The van der Waals surface area contributed by atoms with Crippen LogP contribution in [0.1, 0.15) is 0 Å². The topological polar surface area (TPSA) is 77.0 Å². The smallest absolute Gasteiger partial charge is 0.281 e. The molecular formula is C25H13BrF2N2O3Re. The van der Waals surface area contributed by atoms with Gasteiger partial charge in [-0.3, -0.25) is 14.4 Å². The van der Waals surface area contributed by atoms with Gasteiger partial charge in [0.05, 0.1) is 17.1 Å². The van der Waals surface area contributed by atoms with Crippen LogP contribution in [-0.2, 0) is 34.8 Å². The van der Waals surface area contributed by atoms with Crippen LogP contribution in [0.4, 0.5) is 8.78 Å². The van der Waals surface area contributed by atoms with E-state index in [1.165, 1.54) is 24.3 Å². The van der Waals surface area contributed by atoms with E-state index in [0.29, 0.717) is 11.4 Å². The van der Waals surface area contributed by atoms with Crippen molar-refractivity contribution in [1.29, 1.82) is 0 Å². The van der Waals surface area contributed by atoms with Gasteiger partial charge in [-0.1, -0.05) is 6.07 Å². The van der Waals surface area contributed by atoms with Gasteiger partial charge in [0.2, 0.25) is 0 Å². The molecule has 2 heterocycles. The van der Waals surface area contributed by atoms with Crippen molar-refractivity contribution in [2.24, 2.45) is 0 Å². The largest absolute Gasteiger partial charge is 0.281 e. The summed E-state index contributed by atoms with van der Waals surface area (Å²) < 4.78 is 27.2. The number of hydrogen-bond acceptors (Lipinski definition) is 5. The van der Waals surface area contributed by atoms with Gasteiger partial charge in [0.25, 0.3) is 20.4 Å². The van der Waals surface area contributed by atoms with Gasteiger partial charge in [0, 0.05) is 36.0 Å². The first-order valence-corrected chi connectivity index (χ1v) is 9.66. The van der Waals surface area contributed by atoms with Gasteiger partial charge in [-0.15, -0.1) is 0 Å². The van der Waals surface area contributed by atoms with Crippen LogP contribution >= 0.6 is 15.9 Å². The Labute approximate surface area is 218 Å². The van der Waals surface area contributed by atoms with E-state index in [9.17, 15) is 8.78 Å². The Balaban J connectivity index is 0.00000145. The van der Waals surface area contributed by atoms with Gasteiger partial charge >= 0.3 is 0 Å². The van der Waals surface area contributed by atoms with E-state index in [4.69, 9.17) is 19.4 Å². The minimum absolute atomic E-state index is 0. The zero-order valence-corrected chi connectivity index (χ0v) is 21.4. The standard InChI is InChI=1S/C22H13BrF2N2.3CO.Re/c23-18-12-13-20(15-6-10-17(25)11-7-15)27-22(18)21-3-1-2-19(26-21)14-4-8-16(24)9-5-14;3*1-2;/h1-13H;;;;. The quantitative estimate of drug-likeness (QED) is 0.291. The Bertz CT molecular complexity index is 1160. The summed E-state index contributed by atoms with van der Waals surface area (Å²) in [6, 6.07) is 21.8. The fourth-order valence-corrected chi connectivity index (χ4v) is 3.18. The third kappa shape index (κ3) is 8.27. The number of rotatable bonds is 3. The summed E-state index contributed by atoms with van der Waals surface area (Å²) in [6.45, 7) is 13.5. The Morgan fingerprint density at radius 2 is 0.971 bits per heavy atom. The number of nitrogens with zero attached hydrogens (tertiary/aromatic N) is 2. The van der Waals surface area contributed by atoms with Crippen LogP contribution in [0.15, 0.2) is 83.3 Å². The molecule has 0 fully saturated rings. The minimum atomic E-state index is -0.287. The van der Waals surface area contributed by atoms with Crippen LogP contribution in [0.3, 0.4) is 0 Å². The molecule has 5 nitrogen and oxygen atoms in total. The number of carbonyl (C=O) groups excluding carboxylic acids is 3. The third-order valence-electron chi connectivity index (χ3n) is 4.12. The minimum Gasteiger partial charge on any atom is -0.281 e. The van der Waals surface area contributed by atoms with Crippen molar-refractivity contribution < 1.29 is 43.6 Å². The first kappa shape index (κ1) is 30.8. The van der Waals surface area contributed by atoms with Gasteiger partial charge in [-0.2, -0.15) is 0 Å². The maximum atomic E-state index is 13.2. The number of aromatic nitrogens is 2. The second-order valence-electron chi connectivity index (χ2n) is 5.95. The van der Waals surface area contributed by atoms with Crippen LogP contribution in [0.2, 0.25) is 0 Å². The predicted octanol–water partition coefficient (Wildman–Crippen LogP) is 5.32. The zero-order valence-electron chi connectivity index (χ0n) is 17.1. The molecule has 0 aliphatic rings. The molecule has 0 N–H and O–H groups in total. The second-order valence-corrected chi connectivity index (χ2v) is 6.80. The first-order valence-electron chi connectivity index (χ1n) is 8.87. The van der Waals surface area contributed by atoms with Crippen molar-refractivity contribution in [1.82, 2.24) is 9.97 Å². The summed E-state index contributed by atoms with van der Waals surface area (Å²) in [5, 5.41) is 0. The number of pyridine rings is 2. The maximum Gasteiger partial charge on any atom is 0.281 e. The van der Waals surface area contributed by atoms with E-state index >= 15 is 0 Å². The molecular weight excluding hydrogens is 680 g/mol. The fraction of sp³-hybridized carbons (Fsp3) is 0. The average Bonchev–Trinajstić information content (AvgIpc) is 2.89. The molecule has 2 aromatic carbocycles. The Hall–Kier alpha value is -3.25. The summed E-state index contributed by atoms with van der Waals surface area (Å²) in [5.74, 6) is -0.573. The van der Waals surface area contributed by atoms with Crippen LogP contribution in [-0.4, -0.2) is 30.3 Å². The molecule has 7 radical (unpaired) electrons. The molecule has 34 heavy (non-hydrogen) atoms. The van der Waals surface area contributed by atoms with Gasteiger partial charge in [-0.05, 0) is 88.7 Å². The third-order valence-corrected chi connectivity index (χ3v) is 4.76. The first-order chi connectivity index (χ1) is 16.1. The molecule has 0 atom stereocenters. The number of halogens is 3. The zero-order chi connectivity index (χ0) is 24.8. The molecule has 4 rings (SSSR count). The molecule has 0 saturated heterocycles. The SMILES string of the molecule is Fc1ccc(-c2cccc(-c3nc(-c4ccc(F)cc4)ccc3Br)n2)cc1.[C]=O.[C]=O.[C]=O.[Re]. The van der Waals surface area contributed by atoms with Crippen LogP contribution in [0, 0.1) is 11.6 Å². The van der Waals surface area contributed by atoms with Crippen molar-refractivity contribution >= 4 is 36.3 Å². The summed E-state index contributed by atoms with van der Waals surface area (Å²) >= 11 is 3.53. The van der Waals surface area contributed by atoms with Gasteiger partial charge in [0.1, 0.15) is 17.3 Å². The summed E-state index contributed by atoms with van der Waals surface area (Å²) in [6.07, 6.45) is 0. The number of hydrogen-bond donors (Lipinski definition) is 0. The molecule has 0 unspecified atom stereocenters. The Morgan fingerprint density at radius 3 is 1.44 bits per heavy atom. The van der Waals surface area contributed by atoms with Crippen molar-refractivity contribution in [3.63, 3.8) is 0 Å². The molecule has 0 spiro atoms. The Morgan fingerprint density at radius 1 is 0.559 bits per heavy atom. The maximum absolute atomic E-state index is 13.2. The fourth-order valence-electron chi connectivity index (χ4n) is 2.75. The average molecular weight is 693 g/mol. The monoisotopic (exact) mass is 693 g/mol. The van der Waals surface area contributed by atoms with Gasteiger partial charge in [0.15, 0.2) is 0 Å². The summed E-state index contributed by atoms with van der Waals surface area (Å²) in [5.41, 5.74) is 4.47. The molecule has 169 valence electrons. The molecule has 0 amide bonds. The van der Waals surface area contributed by atoms with E-state index in [2.05, 4.69) is 41.3 Å². The molecule has 2 aromatic heterocycles. The number of benzene rings is 2. The summed E-state index contributed by atoms with van der Waals surface area (Å²) in [7, 11) is 0. The van der Waals surface area contributed by atoms with Crippen molar-refractivity contribution in [3.8, 4) is 33.9 Å². The Kier molecular flexibility index (Phi) is 14.8. The van der Waals surface area contributed by atoms with E-state index in [-0.39, 0.29) is 32.1 Å². The molecule has 0 aliphatic heterocycles. The van der Waals surface area contributed by atoms with Crippen LogP contribution in [0.5, 0.6) is 0 Å². The normalized spacial score (nSPS) is 8.91. The van der Waals surface area contributed by atoms with E-state index in [1.54, 1.807) is 24.3 Å². The molecule has 0 bridgehead atoms. The molecule has 0 saturated carbocycles. The molecule has 0 aliphatic carbocycles. The van der Waals surface area contributed by atoms with Crippen molar-refractivity contribution in [2.45, 2.75) is 0 Å². The summed E-state index contributed by atoms with van der Waals surface area (Å²) in [4.78, 5) is 31.9. The van der Waals surface area contributed by atoms with Crippen LogP contribution < -0.4 is 0 Å². The van der Waals surface area contributed by atoms with Gasteiger partial charge < -0.3 is 0 Å². The predicted molar refractivity (Wildman–Crippen MR) is 123 cm³/mol. The van der Waals surface area contributed by atoms with E-state index < -0.39 is 0 Å².